The van der Waals surface area contributed by atoms with Gasteiger partial charge in [-0.25, -0.2) is 0 Å². The monoisotopic (exact) mass is 255 g/mol. The first-order chi connectivity index (χ1) is 8.84. The third-order valence-corrected chi connectivity index (χ3v) is 4.15. The molecule has 0 bridgehead atoms. The molecule has 1 heterocycles. The summed E-state index contributed by atoms with van der Waals surface area (Å²) in [6, 6.07) is 6.25. The van der Waals surface area contributed by atoms with Crippen molar-refractivity contribution < 1.29 is 0 Å². The predicted molar refractivity (Wildman–Crippen MR) is 80.8 cm³/mol. The molecule has 2 heteroatoms. The molecule has 100 valence electrons. The minimum atomic E-state index is 0.0903. The lowest BCUT2D eigenvalue weighted by Crippen LogP contribution is -2.23. The highest BCUT2D eigenvalue weighted by atomic mass is 16.1. The molecule has 2 rings (SSSR count). The van der Waals surface area contributed by atoms with E-state index >= 15 is 0 Å². The van der Waals surface area contributed by atoms with Crippen molar-refractivity contribution in [3.8, 4) is 11.1 Å². The van der Waals surface area contributed by atoms with Crippen molar-refractivity contribution in [3.63, 3.8) is 0 Å². The lowest BCUT2D eigenvalue weighted by molar-refractivity contribution is 0.806. The smallest absolute Gasteiger partial charge is 0.258 e. The molecule has 19 heavy (non-hydrogen) atoms. The number of hydrogen-bond donors (Lipinski definition) is 0. The highest BCUT2D eigenvalue weighted by Gasteiger charge is 2.15. The molecule has 0 unspecified atom stereocenters. The highest BCUT2D eigenvalue weighted by Crippen LogP contribution is 2.27. The van der Waals surface area contributed by atoms with E-state index in [4.69, 9.17) is 0 Å². The lowest BCUT2D eigenvalue weighted by Gasteiger charge is -2.16. The van der Waals surface area contributed by atoms with Crippen molar-refractivity contribution in [1.29, 1.82) is 0 Å². The van der Waals surface area contributed by atoms with Crippen molar-refractivity contribution in [3.05, 3.63) is 56.5 Å². The Morgan fingerprint density at radius 1 is 0.947 bits per heavy atom. The number of aromatic nitrogens is 1. The van der Waals surface area contributed by atoms with E-state index in [2.05, 4.69) is 39.0 Å². The van der Waals surface area contributed by atoms with Crippen LogP contribution in [0.5, 0.6) is 0 Å². The SMILES string of the molecule is Cc1ccc(-c2c(C)c(C)c(C)n(C)c2=O)c(C)c1. The van der Waals surface area contributed by atoms with E-state index in [0.717, 1.165) is 27.9 Å². The largest absolute Gasteiger partial charge is 0.315 e. The molecule has 0 aliphatic rings. The van der Waals surface area contributed by atoms with Crippen molar-refractivity contribution in [2.75, 3.05) is 0 Å². The van der Waals surface area contributed by atoms with Gasteiger partial charge in [-0.05, 0) is 56.9 Å². The van der Waals surface area contributed by atoms with Crippen LogP contribution in [0.4, 0.5) is 0 Å². The van der Waals surface area contributed by atoms with E-state index in [9.17, 15) is 4.79 Å². The molecule has 0 saturated heterocycles. The first-order valence-corrected chi connectivity index (χ1v) is 6.59. The Hall–Kier alpha value is -1.83. The Labute approximate surface area is 114 Å². The third-order valence-electron chi connectivity index (χ3n) is 4.15. The Balaban J connectivity index is 2.87. The molecule has 0 radical (unpaired) electrons. The summed E-state index contributed by atoms with van der Waals surface area (Å²) in [5.74, 6) is 0. The molecule has 0 spiro atoms. The molecule has 0 amide bonds. The molecular formula is C17H21NO. The second-order valence-corrected chi connectivity index (χ2v) is 5.39. The molecule has 0 N–H and O–H groups in total. The summed E-state index contributed by atoms with van der Waals surface area (Å²) in [5, 5.41) is 0. The van der Waals surface area contributed by atoms with Gasteiger partial charge in [0.05, 0.1) is 5.56 Å². The number of hydrogen-bond acceptors (Lipinski definition) is 1. The maximum absolute atomic E-state index is 12.6. The summed E-state index contributed by atoms with van der Waals surface area (Å²) in [6.45, 7) is 10.3. The molecule has 2 nitrogen and oxygen atoms in total. The molecule has 0 aliphatic heterocycles. The van der Waals surface area contributed by atoms with Crippen LogP contribution in [0.3, 0.4) is 0 Å². The Bertz CT molecular complexity index is 708. The van der Waals surface area contributed by atoms with Gasteiger partial charge in [0, 0.05) is 12.7 Å². The fraction of sp³-hybridized carbons (Fsp3) is 0.353. The lowest BCUT2D eigenvalue weighted by atomic mass is 9.93. The maximum Gasteiger partial charge on any atom is 0.258 e. The average Bonchev–Trinajstić information content (AvgIpc) is 2.37. The van der Waals surface area contributed by atoms with Crippen LogP contribution in [0.2, 0.25) is 0 Å². The van der Waals surface area contributed by atoms with Gasteiger partial charge in [0.1, 0.15) is 0 Å². The summed E-state index contributed by atoms with van der Waals surface area (Å²) in [5.41, 5.74) is 7.67. The van der Waals surface area contributed by atoms with Crippen LogP contribution >= 0.6 is 0 Å². The normalized spacial score (nSPS) is 10.8. The van der Waals surface area contributed by atoms with Gasteiger partial charge in [0.2, 0.25) is 0 Å². The standard InChI is InChI=1S/C17H21NO/c1-10-7-8-15(11(2)9-10)16-13(4)12(3)14(5)18(6)17(16)19/h7-9H,1-6H3. The third kappa shape index (κ3) is 2.12. The van der Waals surface area contributed by atoms with Crippen LogP contribution in [0.25, 0.3) is 11.1 Å². The summed E-state index contributed by atoms with van der Waals surface area (Å²) in [4.78, 5) is 12.6. The minimum absolute atomic E-state index is 0.0903. The van der Waals surface area contributed by atoms with Crippen LogP contribution < -0.4 is 5.56 Å². The zero-order chi connectivity index (χ0) is 14.3. The van der Waals surface area contributed by atoms with Crippen LogP contribution in [0.1, 0.15) is 27.9 Å². The van der Waals surface area contributed by atoms with E-state index in [-0.39, 0.29) is 5.56 Å². The van der Waals surface area contributed by atoms with Gasteiger partial charge in [-0.2, -0.15) is 0 Å². The Morgan fingerprint density at radius 3 is 2.16 bits per heavy atom. The summed E-state index contributed by atoms with van der Waals surface area (Å²) in [6.07, 6.45) is 0. The highest BCUT2D eigenvalue weighted by molar-refractivity contribution is 5.71. The van der Waals surface area contributed by atoms with Crippen molar-refractivity contribution in [1.82, 2.24) is 4.57 Å². The molecule has 0 atom stereocenters. The summed E-state index contributed by atoms with van der Waals surface area (Å²) < 4.78 is 1.75. The first-order valence-electron chi connectivity index (χ1n) is 6.59. The van der Waals surface area contributed by atoms with Gasteiger partial charge >= 0.3 is 0 Å². The molecule has 0 aliphatic carbocycles. The van der Waals surface area contributed by atoms with Gasteiger partial charge in [0.15, 0.2) is 0 Å². The molecular weight excluding hydrogens is 234 g/mol. The van der Waals surface area contributed by atoms with Gasteiger partial charge in [0.25, 0.3) is 5.56 Å². The fourth-order valence-corrected chi connectivity index (χ4v) is 2.60. The second kappa shape index (κ2) is 4.69. The van der Waals surface area contributed by atoms with Gasteiger partial charge in [-0.15, -0.1) is 0 Å². The summed E-state index contributed by atoms with van der Waals surface area (Å²) in [7, 11) is 1.84. The van der Waals surface area contributed by atoms with Gasteiger partial charge < -0.3 is 4.57 Å². The average molecular weight is 255 g/mol. The van der Waals surface area contributed by atoms with E-state index in [1.807, 2.05) is 20.9 Å². The molecule has 1 aromatic carbocycles. The molecule has 0 fully saturated rings. The molecule has 0 saturated carbocycles. The number of aryl methyl sites for hydroxylation is 2. The van der Waals surface area contributed by atoms with E-state index in [0.29, 0.717) is 0 Å². The summed E-state index contributed by atoms with van der Waals surface area (Å²) >= 11 is 0. The van der Waals surface area contributed by atoms with Crippen LogP contribution in [0, 0.1) is 34.6 Å². The zero-order valence-electron chi connectivity index (χ0n) is 12.6. The second-order valence-electron chi connectivity index (χ2n) is 5.39. The number of rotatable bonds is 1. The number of benzene rings is 1. The minimum Gasteiger partial charge on any atom is -0.315 e. The molecule has 1 aromatic heterocycles. The van der Waals surface area contributed by atoms with Crippen LogP contribution in [-0.4, -0.2) is 4.57 Å². The topological polar surface area (TPSA) is 22.0 Å². The van der Waals surface area contributed by atoms with Crippen LogP contribution in [0.15, 0.2) is 23.0 Å². The Kier molecular flexibility index (Phi) is 3.36. The Morgan fingerprint density at radius 2 is 1.58 bits per heavy atom. The number of pyridine rings is 1. The predicted octanol–water partition coefficient (Wildman–Crippen LogP) is 3.59. The van der Waals surface area contributed by atoms with E-state index in [1.165, 1.54) is 11.1 Å². The van der Waals surface area contributed by atoms with Crippen molar-refractivity contribution in [2.45, 2.75) is 34.6 Å². The number of nitrogens with zero attached hydrogens (tertiary/aromatic N) is 1. The van der Waals surface area contributed by atoms with Gasteiger partial charge in [-0.1, -0.05) is 23.8 Å². The van der Waals surface area contributed by atoms with E-state index in [1.54, 1.807) is 4.57 Å². The first kappa shape index (κ1) is 13.6. The fourth-order valence-electron chi connectivity index (χ4n) is 2.60. The van der Waals surface area contributed by atoms with Crippen molar-refractivity contribution in [2.24, 2.45) is 7.05 Å². The van der Waals surface area contributed by atoms with Crippen molar-refractivity contribution >= 4 is 0 Å². The maximum atomic E-state index is 12.6. The zero-order valence-corrected chi connectivity index (χ0v) is 12.6. The van der Waals surface area contributed by atoms with Crippen LogP contribution in [-0.2, 0) is 7.05 Å². The molecule has 2 aromatic rings. The van der Waals surface area contributed by atoms with E-state index < -0.39 is 0 Å². The van der Waals surface area contributed by atoms with Gasteiger partial charge in [-0.3, -0.25) is 4.79 Å². The quantitative estimate of drug-likeness (QED) is 0.763.